The van der Waals surface area contributed by atoms with Crippen molar-refractivity contribution in [3.05, 3.63) is 29.8 Å². The van der Waals surface area contributed by atoms with Gasteiger partial charge in [0.1, 0.15) is 5.75 Å². The second-order valence-electron chi connectivity index (χ2n) is 5.66. The zero-order valence-corrected chi connectivity index (χ0v) is 12.1. The number of hydrogen-bond donors (Lipinski definition) is 1. The number of nitrogens with zero attached hydrogens (tertiary/aromatic N) is 1. The van der Waals surface area contributed by atoms with Crippen LogP contribution in [0.4, 0.5) is 0 Å². The lowest BCUT2D eigenvalue weighted by atomic mass is 9.89. The first-order chi connectivity index (χ1) is 8.94. The minimum Gasteiger partial charge on any atom is -0.494 e. The first-order valence-electron chi connectivity index (χ1n) is 6.84. The van der Waals surface area contributed by atoms with Gasteiger partial charge in [0.05, 0.1) is 18.1 Å². The second kappa shape index (κ2) is 7.16. The third kappa shape index (κ3) is 5.76. The molecule has 0 aliphatic carbocycles. The molecule has 0 aliphatic rings. The van der Waals surface area contributed by atoms with Gasteiger partial charge in [-0.1, -0.05) is 12.1 Å². The van der Waals surface area contributed by atoms with Gasteiger partial charge in [-0.25, -0.2) is 0 Å². The van der Waals surface area contributed by atoms with Crippen molar-refractivity contribution in [2.45, 2.75) is 46.1 Å². The van der Waals surface area contributed by atoms with E-state index >= 15 is 0 Å². The molecule has 0 radical (unpaired) electrons. The Labute approximate surface area is 116 Å². The normalized spacial score (nSPS) is 12.8. The van der Waals surface area contributed by atoms with E-state index < -0.39 is 0 Å². The highest BCUT2D eigenvalue weighted by molar-refractivity contribution is 5.30. The number of rotatable bonds is 7. The van der Waals surface area contributed by atoms with Gasteiger partial charge >= 0.3 is 0 Å². The summed E-state index contributed by atoms with van der Waals surface area (Å²) in [5.74, 6) is 0.870. The van der Waals surface area contributed by atoms with Crippen molar-refractivity contribution in [3.8, 4) is 11.8 Å². The average Bonchev–Trinajstić information content (AvgIpc) is 2.38. The molecule has 3 nitrogen and oxygen atoms in total. The molecule has 0 saturated carbocycles. The molecular formula is C16H24N2O. The highest BCUT2D eigenvalue weighted by Gasteiger charge is 2.15. The summed E-state index contributed by atoms with van der Waals surface area (Å²) in [6.07, 6.45) is 2.88. The van der Waals surface area contributed by atoms with Gasteiger partial charge in [-0.15, -0.1) is 0 Å². The Morgan fingerprint density at radius 2 is 2.11 bits per heavy atom. The van der Waals surface area contributed by atoms with E-state index in [1.54, 1.807) is 0 Å². The third-order valence-electron chi connectivity index (χ3n) is 3.15. The number of benzene rings is 1. The summed E-state index contributed by atoms with van der Waals surface area (Å²) in [6, 6.07) is 10.3. The van der Waals surface area contributed by atoms with E-state index in [9.17, 15) is 0 Å². The van der Waals surface area contributed by atoms with Crippen LogP contribution in [-0.4, -0.2) is 6.61 Å². The second-order valence-corrected chi connectivity index (χ2v) is 5.66. The molecule has 1 unspecified atom stereocenters. The first kappa shape index (κ1) is 15.5. The summed E-state index contributed by atoms with van der Waals surface area (Å²) in [5.41, 5.74) is 6.69. The van der Waals surface area contributed by atoms with Gasteiger partial charge in [-0.2, -0.15) is 5.26 Å². The van der Waals surface area contributed by atoms with E-state index in [0.29, 0.717) is 6.61 Å². The smallest absolute Gasteiger partial charge is 0.119 e. The van der Waals surface area contributed by atoms with Crippen LogP contribution in [0, 0.1) is 16.7 Å². The largest absolute Gasteiger partial charge is 0.494 e. The summed E-state index contributed by atoms with van der Waals surface area (Å²) in [5, 5.41) is 8.92. The fraction of sp³-hybridized carbons (Fsp3) is 0.562. The predicted octanol–water partition coefficient (Wildman–Crippen LogP) is 3.81. The molecular weight excluding hydrogens is 236 g/mol. The molecule has 1 aromatic carbocycles. The van der Waals surface area contributed by atoms with Crippen molar-refractivity contribution in [1.29, 1.82) is 5.26 Å². The highest BCUT2D eigenvalue weighted by Crippen LogP contribution is 2.22. The fourth-order valence-electron chi connectivity index (χ4n) is 1.80. The Hall–Kier alpha value is -1.53. The van der Waals surface area contributed by atoms with Gasteiger partial charge in [0, 0.05) is 6.04 Å². The van der Waals surface area contributed by atoms with Crippen LogP contribution < -0.4 is 10.5 Å². The van der Waals surface area contributed by atoms with E-state index in [4.69, 9.17) is 15.7 Å². The van der Waals surface area contributed by atoms with Gasteiger partial charge in [0.25, 0.3) is 0 Å². The maximum atomic E-state index is 8.92. The summed E-state index contributed by atoms with van der Waals surface area (Å²) in [6.45, 7) is 6.59. The average molecular weight is 260 g/mol. The van der Waals surface area contributed by atoms with Crippen molar-refractivity contribution < 1.29 is 4.74 Å². The molecule has 19 heavy (non-hydrogen) atoms. The maximum Gasteiger partial charge on any atom is 0.119 e. The minimum atomic E-state index is -0.227. The molecule has 0 aliphatic heterocycles. The lowest BCUT2D eigenvalue weighted by Gasteiger charge is -2.14. The van der Waals surface area contributed by atoms with Crippen molar-refractivity contribution >= 4 is 0 Å². The van der Waals surface area contributed by atoms with Crippen molar-refractivity contribution in [2.75, 3.05) is 6.61 Å². The van der Waals surface area contributed by atoms with E-state index in [0.717, 1.165) is 30.6 Å². The fourth-order valence-corrected chi connectivity index (χ4v) is 1.80. The van der Waals surface area contributed by atoms with Crippen LogP contribution in [0.1, 0.15) is 51.6 Å². The van der Waals surface area contributed by atoms with Gasteiger partial charge in [0.2, 0.25) is 0 Å². The first-order valence-corrected chi connectivity index (χ1v) is 6.84. The van der Waals surface area contributed by atoms with Crippen molar-refractivity contribution in [1.82, 2.24) is 0 Å². The molecule has 0 spiro atoms. The Morgan fingerprint density at radius 1 is 1.37 bits per heavy atom. The molecule has 0 saturated heterocycles. The van der Waals surface area contributed by atoms with Gasteiger partial charge in [-0.05, 0) is 57.7 Å². The number of unbranched alkanes of at least 4 members (excludes halogenated alkanes) is 1. The van der Waals surface area contributed by atoms with E-state index in [2.05, 4.69) is 6.07 Å². The summed E-state index contributed by atoms with van der Waals surface area (Å²) in [7, 11) is 0. The molecule has 0 aromatic heterocycles. The van der Waals surface area contributed by atoms with Gasteiger partial charge in [-0.3, -0.25) is 0 Å². The van der Waals surface area contributed by atoms with Crippen LogP contribution in [0.25, 0.3) is 0 Å². The Balaban J connectivity index is 2.30. The third-order valence-corrected chi connectivity index (χ3v) is 3.15. The van der Waals surface area contributed by atoms with Crippen LogP contribution in [0.5, 0.6) is 5.75 Å². The molecule has 0 fully saturated rings. The van der Waals surface area contributed by atoms with Crippen LogP contribution in [-0.2, 0) is 0 Å². The maximum absolute atomic E-state index is 8.92. The van der Waals surface area contributed by atoms with Crippen LogP contribution >= 0.6 is 0 Å². The molecule has 1 aromatic rings. The van der Waals surface area contributed by atoms with Gasteiger partial charge in [0.15, 0.2) is 0 Å². The summed E-state index contributed by atoms with van der Waals surface area (Å²) in [4.78, 5) is 0. The molecule has 0 amide bonds. The minimum absolute atomic E-state index is 0.0278. The SMILES string of the molecule is CC(N)c1cccc(OCCCCC(C)(C)C#N)c1. The van der Waals surface area contributed by atoms with Crippen LogP contribution in [0.15, 0.2) is 24.3 Å². The molecule has 104 valence electrons. The molecule has 0 bridgehead atoms. The Kier molecular flexibility index (Phi) is 5.85. The Morgan fingerprint density at radius 3 is 2.74 bits per heavy atom. The lowest BCUT2D eigenvalue weighted by Crippen LogP contribution is -2.08. The number of nitriles is 1. The van der Waals surface area contributed by atoms with Gasteiger partial charge < -0.3 is 10.5 Å². The Bertz CT molecular complexity index is 433. The quantitative estimate of drug-likeness (QED) is 0.758. The van der Waals surface area contributed by atoms with Crippen LogP contribution in [0.2, 0.25) is 0 Å². The number of nitrogens with two attached hydrogens (primary N) is 1. The highest BCUT2D eigenvalue weighted by atomic mass is 16.5. The molecule has 2 N–H and O–H groups in total. The topological polar surface area (TPSA) is 59.0 Å². The molecule has 1 atom stereocenters. The zero-order valence-electron chi connectivity index (χ0n) is 12.1. The van der Waals surface area contributed by atoms with E-state index in [1.807, 2.05) is 45.0 Å². The molecule has 0 heterocycles. The lowest BCUT2D eigenvalue weighted by molar-refractivity contribution is 0.294. The monoisotopic (exact) mass is 260 g/mol. The summed E-state index contributed by atoms with van der Waals surface area (Å²) >= 11 is 0. The zero-order chi connectivity index (χ0) is 14.3. The standard InChI is InChI=1S/C16H24N2O/c1-13(18)14-7-6-8-15(11-14)19-10-5-4-9-16(2,3)12-17/h6-8,11,13H,4-5,9-10,18H2,1-3H3. The number of hydrogen-bond acceptors (Lipinski definition) is 3. The number of ether oxygens (including phenoxy) is 1. The van der Waals surface area contributed by atoms with E-state index in [-0.39, 0.29) is 11.5 Å². The van der Waals surface area contributed by atoms with E-state index in [1.165, 1.54) is 0 Å². The predicted molar refractivity (Wildman–Crippen MR) is 77.8 cm³/mol. The van der Waals surface area contributed by atoms with Crippen molar-refractivity contribution in [3.63, 3.8) is 0 Å². The van der Waals surface area contributed by atoms with Crippen LogP contribution in [0.3, 0.4) is 0 Å². The molecule has 1 rings (SSSR count). The summed E-state index contributed by atoms with van der Waals surface area (Å²) < 4.78 is 5.71. The molecule has 3 heteroatoms. The van der Waals surface area contributed by atoms with Crippen molar-refractivity contribution in [2.24, 2.45) is 11.1 Å².